The second-order valence-electron chi connectivity index (χ2n) is 5.72. The number of amides is 1. The van der Waals surface area contributed by atoms with E-state index in [1.54, 1.807) is 55.6 Å². The number of carbonyl (C=O) groups excluding carboxylic acids is 1. The molecular formula is C19H19F2N3O3S. The van der Waals surface area contributed by atoms with E-state index in [4.69, 9.17) is 9.47 Å². The first-order chi connectivity index (χ1) is 13.6. The summed E-state index contributed by atoms with van der Waals surface area (Å²) in [7, 11) is 1.58. The fourth-order valence-corrected chi connectivity index (χ4v) is 3.21. The lowest BCUT2D eigenvalue weighted by atomic mass is 10.3. The number of para-hydroxylation sites is 2. The minimum atomic E-state index is -2.61. The molecule has 0 radical (unpaired) electrons. The van der Waals surface area contributed by atoms with Gasteiger partial charge in [-0.05, 0) is 48.2 Å². The zero-order chi connectivity index (χ0) is 19.9. The lowest BCUT2D eigenvalue weighted by molar-refractivity contribution is -0.121. The molecular weight excluding hydrogens is 388 g/mol. The molecule has 0 unspecified atom stereocenters. The first kappa shape index (κ1) is 19.9. The molecule has 1 aromatic heterocycles. The number of hydrogen-bond acceptors (Lipinski definition) is 5. The van der Waals surface area contributed by atoms with Gasteiger partial charge in [0.15, 0.2) is 5.16 Å². The molecule has 0 bridgehead atoms. The van der Waals surface area contributed by atoms with Crippen molar-refractivity contribution in [2.45, 2.75) is 17.5 Å². The Kier molecular flexibility index (Phi) is 6.70. The van der Waals surface area contributed by atoms with Crippen LogP contribution in [0.2, 0.25) is 0 Å². The van der Waals surface area contributed by atoms with Gasteiger partial charge in [0.1, 0.15) is 24.7 Å². The van der Waals surface area contributed by atoms with E-state index >= 15 is 0 Å². The van der Waals surface area contributed by atoms with E-state index in [2.05, 4.69) is 10.3 Å². The van der Waals surface area contributed by atoms with Crippen LogP contribution < -0.4 is 14.8 Å². The quantitative estimate of drug-likeness (QED) is 0.434. The molecule has 2 aromatic carbocycles. The Morgan fingerprint density at radius 2 is 1.89 bits per heavy atom. The number of benzene rings is 2. The number of carbonyl (C=O) groups is 1. The highest BCUT2D eigenvalue weighted by molar-refractivity contribution is 7.99. The standard InChI is InChI=1S/C19H19F2N3O3S/c1-26-13-6-8-14(9-7-13)27-11-10-22-17(25)12-24-16-5-3-2-4-15(16)23-19(24)28-18(20)21/h2-9,18H,10-12H2,1H3,(H,22,25). The van der Waals surface area contributed by atoms with E-state index in [1.807, 2.05) is 0 Å². The van der Waals surface area contributed by atoms with Crippen LogP contribution >= 0.6 is 11.8 Å². The predicted octanol–water partition coefficient (Wildman–Crippen LogP) is 3.55. The first-order valence-electron chi connectivity index (χ1n) is 8.50. The highest BCUT2D eigenvalue weighted by atomic mass is 32.2. The fourth-order valence-electron chi connectivity index (χ4n) is 2.61. The minimum Gasteiger partial charge on any atom is -0.497 e. The Morgan fingerprint density at radius 1 is 1.18 bits per heavy atom. The first-order valence-corrected chi connectivity index (χ1v) is 9.38. The molecule has 1 heterocycles. The molecule has 1 amide bonds. The molecule has 148 valence electrons. The van der Waals surface area contributed by atoms with Gasteiger partial charge in [-0.2, -0.15) is 8.78 Å². The van der Waals surface area contributed by atoms with Crippen LogP contribution in [0.3, 0.4) is 0 Å². The normalized spacial score (nSPS) is 11.0. The van der Waals surface area contributed by atoms with Gasteiger partial charge in [0.25, 0.3) is 5.76 Å². The van der Waals surface area contributed by atoms with Gasteiger partial charge in [-0.25, -0.2) is 4.98 Å². The van der Waals surface area contributed by atoms with E-state index in [0.717, 1.165) is 5.75 Å². The van der Waals surface area contributed by atoms with Gasteiger partial charge in [0, 0.05) is 0 Å². The zero-order valence-electron chi connectivity index (χ0n) is 15.1. The van der Waals surface area contributed by atoms with Crippen molar-refractivity contribution in [3.63, 3.8) is 0 Å². The molecule has 9 heteroatoms. The molecule has 0 saturated carbocycles. The van der Waals surface area contributed by atoms with Crippen molar-refractivity contribution in [1.82, 2.24) is 14.9 Å². The summed E-state index contributed by atoms with van der Waals surface area (Å²) in [5.41, 5.74) is 1.21. The van der Waals surface area contributed by atoms with Crippen LogP contribution in [-0.4, -0.2) is 41.5 Å². The fraction of sp³-hybridized carbons (Fsp3) is 0.263. The monoisotopic (exact) mass is 407 g/mol. The maximum absolute atomic E-state index is 12.8. The summed E-state index contributed by atoms with van der Waals surface area (Å²) in [6.45, 7) is 0.467. The number of alkyl halides is 2. The minimum absolute atomic E-state index is 0.0991. The second-order valence-corrected chi connectivity index (χ2v) is 6.68. The van der Waals surface area contributed by atoms with Crippen LogP contribution in [0.4, 0.5) is 8.78 Å². The van der Waals surface area contributed by atoms with E-state index in [1.165, 1.54) is 4.57 Å². The van der Waals surface area contributed by atoms with Gasteiger partial charge in [-0.1, -0.05) is 12.1 Å². The van der Waals surface area contributed by atoms with Crippen molar-refractivity contribution >= 4 is 28.7 Å². The summed E-state index contributed by atoms with van der Waals surface area (Å²) >= 11 is 0.325. The Morgan fingerprint density at radius 3 is 2.61 bits per heavy atom. The molecule has 0 aliphatic carbocycles. The predicted molar refractivity (Wildman–Crippen MR) is 103 cm³/mol. The molecule has 3 rings (SSSR count). The number of imidazole rings is 1. The number of methoxy groups -OCH3 is 1. The number of rotatable bonds is 9. The molecule has 3 aromatic rings. The van der Waals surface area contributed by atoms with Crippen LogP contribution in [0.25, 0.3) is 11.0 Å². The van der Waals surface area contributed by atoms with Crippen molar-refractivity contribution in [2.75, 3.05) is 20.3 Å². The van der Waals surface area contributed by atoms with Gasteiger partial charge in [-0.3, -0.25) is 4.79 Å². The third-order valence-corrected chi connectivity index (χ3v) is 4.57. The molecule has 28 heavy (non-hydrogen) atoms. The second kappa shape index (κ2) is 9.41. The van der Waals surface area contributed by atoms with Gasteiger partial charge in [0.2, 0.25) is 5.91 Å². The summed E-state index contributed by atoms with van der Waals surface area (Å²) in [5, 5.41) is 2.84. The Hall–Kier alpha value is -2.81. The molecule has 0 spiro atoms. The van der Waals surface area contributed by atoms with Crippen LogP contribution in [0.15, 0.2) is 53.7 Å². The highest BCUT2D eigenvalue weighted by Gasteiger charge is 2.17. The van der Waals surface area contributed by atoms with Crippen molar-refractivity contribution in [3.8, 4) is 11.5 Å². The van der Waals surface area contributed by atoms with Crippen molar-refractivity contribution in [3.05, 3.63) is 48.5 Å². The molecule has 6 nitrogen and oxygen atoms in total. The number of halogens is 2. The molecule has 0 fully saturated rings. The molecule has 1 N–H and O–H groups in total. The van der Waals surface area contributed by atoms with Gasteiger partial charge in [0.05, 0.1) is 24.7 Å². The van der Waals surface area contributed by atoms with Crippen LogP contribution in [-0.2, 0) is 11.3 Å². The van der Waals surface area contributed by atoms with Crippen molar-refractivity contribution in [2.24, 2.45) is 0 Å². The highest BCUT2D eigenvalue weighted by Crippen LogP contribution is 2.28. The summed E-state index contributed by atoms with van der Waals surface area (Å²) in [4.78, 5) is 16.4. The lowest BCUT2D eigenvalue weighted by Gasteiger charge is -2.10. The summed E-state index contributed by atoms with van der Waals surface area (Å²) < 4.78 is 37.7. The lowest BCUT2D eigenvalue weighted by Crippen LogP contribution is -2.31. The molecule has 0 aliphatic heterocycles. The van der Waals surface area contributed by atoms with Crippen molar-refractivity contribution in [1.29, 1.82) is 0 Å². The van der Waals surface area contributed by atoms with Crippen LogP contribution in [0.1, 0.15) is 0 Å². The Labute approximate surface area is 164 Å². The van der Waals surface area contributed by atoms with Gasteiger partial charge in [-0.15, -0.1) is 0 Å². The largest absolute Gasteiger partial charge is 0.497 e. The zero-order valence-corrected chi connectivity index (χ0v) is 15.9. The average molecular weight is 407 g/mol. The average Bonchev–Trinajstić information content (AvgIpc) is 3.02. The molecule has 0 saturated heterocycles. The molecule has 0 aliphatic rings. The third kappa shape index (κ3) is 5.13. The Bertz CT molecular complexity index is 932. The summed E-state index contributed by atoms with van der Waals surface area (Å²) in [6, 6.07) is 14.1. The molecule has 0 atom stereocenters. The number of aromatic nitrogens is 2. The van der Waals surface area contributed by atoms with Crippen LogP contribution in [0.5, 0.6) is 11.5 Å². The number of nitrogens with zero attached hydrogens (tertiary/aromatic N) is 2. The van der Waals surface area contributed by atoms with E-state index in [0.29, 0.717) is 28.5 Å². The smallest absolute Gasteiger partial charge is 0.291 e. The van der Waals surface area contributed by atoms with E-state index < -0.39 is 5.76 Å². The number of ether oxygens (including phenoxy) is 2. The number of fused-ring (bicyclic) bond motifs is 1. The topological polar surface area (TPSA) is 65.4 Å². The van der Waals surface area contributed by atoms with Crippen molar-refractivity contribution < 1.29 is 23.0 Å². The van der Waals surface area contributed by atoms with E-state index in [9.17, 15) is 13.6 Å². The van der Waals surface area contributed by atoms with Gasteiger partial charge < -0.3 is 19.4 Å². The summed E-state index contributed by atoms with van der Waals surface area (Å²) in [5.74, 6) is -1.54. The number of nitrogens with one attached hydrogen (secondary N) is 1. The SMILES string of the molecule is COc1ccc(OCCNC(=O)Cn2c(SC(F)F)nc3ccccc32)cc1. The maximum atomic E-state index is 12.8. The third-order valence-electron chi connectivity index (χ3n) is 3.87. The van der Waals surface area contributed by atoms with Crippen LogP contribution in [0, 0.1) is 0 Å². The number of hydrogen-bond donors (Lipinski definition) is 1. The Balaban J connectivity index is 1.55. The number of thioether (sulfide) groups is 1. The van der Waals surface area contributed by atoms with Gasteiger partial charge >= 0.3 is 0 Å². The summed E-state index contributed by atoms with van der Waals surface area (Å²) in [6.07, 6.45) is 0. The van der Waals surface area contributed by atoms with E-state index in [-0.39, 0.29) is 30.8 Å². The maximum Gasteiger partial charge on any atom is 0.291 e.